The molecule has 1 heterocycles. The number of hydrogen-bond acceptors (Lipinski definition) is 4. The average molecular weight is 427 g/mol. The maximum absolute atomic E-state index is 13.0. The van der Waals surface area contributed by atoms with Gasteiger partial charge in [-0.15, -0.1) is 0 Å². The molecular weight excluding hydrogens is 400 g/mol. The van der Waals surface area contributed by atoms with Gasteiger partial charge in [-0.3, -0.25) is 4.72 Å². The van der Waals surface area contributed by atoms with Crippen LogP contribution in [0, 0.1) is 0 Å². The molecule has 1 aromatic heterocycles. The second-order valence-electron chi connectivity index (χ2n) is 7.61. The zero-order valence-corrected chi connectivity index (χ0v) is 17.8. The van der Waals surface area contributed by atoms with Crippen molar-refractivity contribution in [1.82, 2.24) is 4.98 Å². The van der Waals surface area contributed by atoms with Gasteiger partial charge < -0.3 is 9.72 Å². The number of anilines is 1. The lowest BCUT2D eigenvalue weighted by Crippen LogP contribution is -2.13. The predicted molar refractivity (Wildman–Crippen MR) is 117 cm³/mol. The highest BCUT2D eigenvalue weighted by Gasteiger charge is 2.19. The second-order valence-corrected chi connectivity index (χ2v) is 9.29. The van der Waals surface area contributed by atoms with Crippen molar-refractivity contribution in [3.8, 4) is 0 Å². The monoisotopic (exact) mass is 426 g/mol. The van der Waals surface area contributed by atoms with Crippen LogP contribution in [0.3, 0.4) is 0 Å². The molecule has 0 saturated heterocycles. The van der Waals surface area contributed by atoms with Gasteiger partial charge in [0.05, 0.1) is 17.1 Å². The van der Waals surface area contributed by atoms with E-state index in [-0.39, 0.29) is 4.90 Å². The van der Waals surface area contributed by atoms with Crippen molar-refractivity contribution in [3.05, 3.63) is 59.3 Å². The molecule has 0 atom stereocenters. The average Bonchev–Trinajstić information content (AvgIpc) is 3.04. The van der Waals surface area contributed by atoms with Gasteiger partial charge in [0.15, 0.2) is 0 Å². The molecule has 0 bridgehead atoms. The summed E-state index contributed by atoms with van der Waals surface area (Å²) in [6.45, 7) is 2.03. The van der Waals surface area contributed by atoms with Crippen molar-refractivity contribution < 1.29 is 17.9 Å². The number of sulfonamides is 1. The van der Waals surface area contributed by atoms with Gasteiger partial charge in [-0.25, -0.2) is 13.2 Å². The number of carbonyl (C=O) groups excluding carboxylic acids is 1. The topological polar surface area (TPSA) is 88.3 Å². The lowest BCUT2D eigenvalue weighted by Gasteiger charge is -2.11. The summed E-state index contributed by atoms with van der Waals surface area (Å²) in [5.41, 5.74) is 4.25. The third-order valence-corrected chi connectivity index (χ3v) is 6.91. The van der Waals surface area contributed by atoms with Crippen LogP contribution in [0.5, 0.6) is 0 Å². The van der Waals surface area contributed by atoms with E-state index in [0.29, 0.717) is 17.9 Å². The van der Waals surface area contributed by atoms with E-state index in [2.05, 4.69) is 9.71 Å². The smallest absolute Gasteiger partial charge is 0.338 e. The minimum atomic E-state index is -3.75. The minimum Gasteiger partial charge on any atom is -0.462 e. The van der Waals surface area contributed by atoms with Crippen LogP contribution in [0.2, 0.25) is 0 Å². The van der Waals surface area contributed by atoms with Crippen LogP contribution in [-0.4, -0.2) is 26.0 Å². The molecule has 3 aromatic rings. The molecule has 4 rings (SSSR count). The number of fused-ring (bicyclic) bond motifs is 3. The summed E-state index contributed by atoms with van der Waals surface area (Å²) < 4.78 is 33.5. The fourth-order valence-corrected chi connectivity index (χ4v) is 5.09. The Kier molecular flexibility index (Phi) is 5.81. The van der Waals surface area contributed by atoms with Gasteiger partial charge >= 0.3 is 5.97 Å². The van der Waals surface area contributed by atoms with Gasteiger partial charge in [0.2, 0.25) is 0 Å². The fourth-order valence-electron chi connectivity index (χ4n) is 4.01. The molecule has 0 amide bonds. The Balaban J connectivity index is 1.60. The lowest BCUT2D eigenvalue weighted by atomic mass is 9.97. The van der Waals surface area contributed by atoms with E-state index in [0.717, 1.165) is 36.6 Å². The summed E-state index contributed by atoms with van der Waals surface area (Å²) in [7, 11) is -3.75. The Morgan fingerprint density at radius 1 is 1.03 bits per heavy atom. The van der Waals surface area contributed by atoms with E-state index >= 15 is 0 Å². The highest BCUT2D eigenvalue weighted by atomic mass is 32.2. The number of aryl methyl sites for hydroxylation is 2. The number of hydrogen-bond donors (Lipinski definition) is 2. The molecule has 0 unspecified atom stereocenters. The quantitative estimate of drug-likeness (QED) is 0.574. The minimum absolute atomic E-state index is 0.230. The van der Waals surface area contributed by atoms with E-state index in [1.165, 1.54) is 24.1 Å². The van der Waals surface area contributed by atoms with Crippen LogP contribution in [0.1, 0.15) is 54.2 Å². The Morgan fingerprint density at radius 3 is 2.50 bits per heavy atom. The molecule has 1 aliphatic rings. The predicted octanol–water partition coefficient (Wildman–Crippen LogP) is 4.80. The number of benzene rings is 2. The first-order valence-corrected chi connectivity index (χ1v) is 11.9. The van der Waals surface area contributed by atoms with Gasteiger partial charge in [0.25, 0.3) is 10.0 Å². The Bertz CT molecular complexity index is 1160. The normalized spacial score (nSPS) is 14.6. The number of rotatable bonds is 5. The summed E-state index contributed by atoms with van der Waals surface area (Å²) in [4.78, 5) is 15.5. The van der Waals surface area contributed by atoms with Crippen molar-refractivity contribution in [2.24, 2.45) is 0 Å². The summed E-state index contributed by atoms with van der Waals surface area (Å²) in [6.07, 6.45) is 6.73. The first kappa shape index (κ1) is 20.5. The number of aromatic amines is 1. The molecule has 2 aromatic carbocycles. The van der Waals surface area contributed by atoms with Gasteiger partial charge in [0.1, 0.15) is 0 Å². The lowest BCUT2D eigenvalue weighted by molar-refractivity contribution is 0.0526. The van der Waals surface area contributed by atoms with Crippen molar-refractivity contribution in [2.75, 3.05) is 11.3 Å². The molecule has 7 heteroatoms. The molecular formula is C23H26N2O4S. The summed E-state index contributed by atoms with van der Waals surface area (Å²) in [6, 6.07) is 11.5. The van der Waals surface area contributed by atoms with E-state index < -0.39 is 16.0 Å². The zero-order chi connectivity index (χ0) is 21.1. The first-order valence-electron chi connectivity index (χ1n) is 10.4. The van der Waals surface area contributed by atoms with Crippen LogP contribution in [-0.2, 0) is 27.6 Å². The van der Waals surface area contributed by atoms with Crippen molar-refractivity contribution >= 4 is 32.6 Å². The molecule has 0 fully saturated rings. The zero-order valence-electron chi connectivity index (χ0n) is 17.0. The Labute approximate surface area is 176 Å². The number of nitrogens with one attached hydrogen (secondary N) is 2. The molecule has 0 spiro atoms. The van der Waals surface area contributed by atoms with Crippen molar-refractivity contribution in [3.63, 3.8) is 0 Å². The van der Waals surface area contributed by atoms with Crippen molar-refractivity contribution in [1.29, 1.82) is 0 Å². The molecule has 2 N–H and O–H groups in total. The molecule has 1 aliphatic carbocycles. The fraction of sp³-hybridized carbons (Fsp3) is 0.348. The second kappa shape index (κ2) is 8.52. The van der Waals surface area contributed by atoms with Crippen LogP contribution < -0.4 is 4.72 Å². The van der Waals surface area contributed by atoms with Gasteiger partial charge in [-0.05, 0) is 80.6 Å². The number of esters is 1. The van der Waals surface area contributed by atoms with Gasteiger partial charge in [0, 0.05) is 22.3 Å². The third kappa shape index (κ3) is 4.21. The Morgan fingerprint density at radius 2 is 1.77 bits per heavy atom. The summed E-state index contributed by atoms with van der Waals surface area (Å²) >= 11 is 0. The third-order valence-electron chi connectivity index (χ3n) is 5.53. The summed E-state index contributed by atoms with van der Waals surface area (Å²) in [5, 5.41) is 0.993. The maximum Gasteiger partial charge on any atom is 0.338 e. The number of aromatic nitrogens is 1. The molecule has 0 radical (unpaired) electrons. The van der Waals surface area contributed by atoms with Gasteiger partial charge in [-0.2, -0.15) is 0 Å². The maximum atomic E-state index is 13.0. The first-order chi connectivity index (χ1) is 14.5. The van der Waals surface area contributed by atoms with Crippen LogP contribution in [0.15, 0.2) is 47.4 Å². The van der Waals surface area contributed by atoms with E-state index in [9.17, 15) is 13.2 Å². The molecule has 158 valence electrons. The SMILES string of the molecule is CCOC(=O)c1ccc(NS(=O)(=O)c2ccc3[nH]c4c(c3c2)CCCCCC4)cc1. The summed E-state index contributed by atoms with van der Waals surface area (Å²) in [5.74, 6) is -0.429. The largest absolute Gasteiger partial charge is 0.462 e. The van der Waals surface area contributed by atoms with Crippen LogP contribution in [0.25, 0.3) is 10.9 Å². The standard InChI is InChI=1S/C23H26N2O4S/c1-2-29-23(26)16-9-11-17(12-10-16)25-30(27,28)18-13-14-22-20(15-18)19-7-5-3-4-6-8-21(19)24-22/h9-15,24-25H,2-8H2,1H3. The highest BCUT2D eigenvalue weighted by Crippen LogP contribution is 2.30. The van der Waals surface area contributed by atoms with Crippen LogP contribution >= 0.6 is 0 Å². The molecule has 0 aliphatic heterocycles. The molecule has 30 heavy (non-hydrogen) atoms. The molecule has 0 saturated carbocycles. The van der Waals surface area contributed by atoms with E-state index in [4.69, 9.17) is 4.74 Å². The number of ether oxygens (including phenoxy) is 1. The van der Waals surface area contributed by atoms with Gasteiger partial charge in [-0.1, -0.05) is 12.8 Å². The van der Waals surface area contributed by atoms with Crippen molar-refractivity contribution in [2.45, 2.75) is 50.3 Å². The van der Waals surface area contributed by atoms with Crippen LogP contribution in [0.4, 0.5) is 5.69 Å². The Hall–Kier alpha value is -2.80. The van der Waals surface area contributed by atoms with E-state index in [1.807, 2.05) is 6.07 Å². The molecule has 6 nitrogen and oxygen atoms in total. The number of H-pyrrole nitrogens is 1. The highest BCUT2D eigenvalue weighted by molar-refractivity contribution is 7.92. The number of carbonyl (C=O) groups is 1. The van der Waals surface area contributed by atoms with E-state index in [1.54, 1.807) is 43.3 Å².